The van der Waals surface area contributed by atoms with E-state index in [0.717, 1.165) is 23.0 Å². The van der Waals surface area contributed by atoms with Crippen molar-refractivity contribution < 1.29 is 22.0 Å². The van der Waals surface area contributed by atoms with Crippen LogP contribution in [0.25, 0.3) is 22.6 Å². The second-order valence-electron chi connectivity index (χ2n) is 7.46. The van der Waals surface area contributed by atoms with Gasteiger partial charge in [0.2, 0.25) is 10.0 Å². The zero-order chi connectivity index (χ0) is 24.5. The minimum Gasteiger partial charge on any atom is -0.337 e. The van der Waals surface area contributed by atoms with E-state index >= 15 is 0 Å². The molecule has 176 valence electrons. The number of aromatic nitrogens is 3. The van der Waals surface area contributed by atoms with Crippen molar-refractivity contribution >= 4 is 53.0 Å². The number of hydrogen-bond acceptors (Lipinski definition) is 5. The molecule has 4 aromatic rings. The average molecular weight is 503 g/mol. The number of pyridine rings is 1. The van der Waals surface area contributed by atoms with E-state index < -0.39 is 38.8 Å². The molecule has 3 N–H and O–H groups in total. The Morgan fingerprint density at radius 3 is 2.59 bits per heavy atom. The monoisotopic (exact) mass is 503 g/mol. The smallest absolute Gasteiger partial charge is 0.261 e. The quantitative estimate of drug-likeness (QED) is 0.332. The molecular formula is C22H20F2N5O3PS. The van der Waals surface area contributed by atoms with Crippen LogP contribution < -0.4 is 15.3 Å². The summed E-state index contributed by atoms with van der Waals surface area (Å²) in [5.74, 6) is -3.22. The summed E-state index contributed by atoms with van der Waals surface area (Å²) in [6.07, 6.45) is 1.61. The van der Waals surface area contributed by atoms with Crippen molar-refractivity contribution in [1.29, 1.82) is 0 Å². The first-order valence-corrected chi connectivity index (χ1v) is 12.4. The zero-order valence-electron chi connectivity index (χ0n) is 17.9. The number of halogens is 2. The molecule has 0 saturated carbocycles. The molecule has 1 unspecified atom stereocenters. The highest BCUT2D eigenvalue weighted by molar-refractivity contribution is 7.92. The SMILES string of the molecule is CCCS(=O)(=O)Nc1ccc(F)c(C(=O)Nc2cnc3nc(-c4ccc(P)cc4)[nH]c3c2)c1F. The molecule has 0 radical (unpaired) electrons. The molecule has 8 nitrogen and oxygen atoms in total. The third-order valence-electron chi connectivity index (χ3n) is 4.84. The zero-order valence-corrected chi connectivity index (χ0v) is 19.9. The van der Waals surface area contributed by atoms with Crippen molar-refractivity contribution in [3.8, 4) is 11.4 Å². The number of carbonyl (C=O) groups excluding carboxylic acids is 1. The average Bonchev–Trinajstić information content (AvgIpc) is 3.19. The minimum absolute atomic E-state index is 0.170. The number of hydrogen-bond donors (Lipinski definition) is 3. The Hall–Kier alpha value is -3.43. The predicted molar refractivity (Wildman–Crippen MR) is 131 cm³/mol. The number of nitrogens with one attached hydrogen (secondary N) is 3. The van der Waals surface area contributed by atoms with Gasteiger partial charge in [-0.2, -0.15) is 0 Å². The molecule has 2 aromatic heterocycles. The maximum atomic E-state index is 14.9. The van der Waals surface area contributed by atoms with Crippen LogP contribution in [0.3, 0.4) is 0 Å². The summed E-state index contributed by atoms with van der Waals surface area (Å²) in [4.78, 5) is 24.4. The lowest BCUT2D eigenvalue weighted by Crippen LogP contribution is -2.20. The number of carbonyl (C=O) groups is 1. The van der Waals surface area contributed by atoms with Gasteiger partial charge in [0.15, 0.2) is 11.5 Å². The Bertz CT molecular complexity index is 1490. The van der Waals surface area contributed by atoms with Gasteiger partial charge >= 0.3 is 0 Å². The van der Waals surface area contributed by atoms with Crippen LogP contribution in [0.1, 0.15) is 23.7 Å². The lowest BCUT2D eigenvalue weighted by molar-refractivity contribution is 0.101. The fourth-order valence-electron chi connectivity index (χ4n) is 3.27. The van der Waals surface area contributed by atoms with Crippen LogP contribution in [0.15, 0.2) is 48.7 Å². The molecule has 2 heterocycles. The molecular weight excluding hydrogens is 483 g/mol. The number of anilines is 2. The Morgan fingerprint density at radius 1 is 1.15 bits per heavy atom. The predicted octanol–water partition coefficient (Wildman–Crippen LogP) is 3.81. The van der Waals surface area contributed by atoms with Crippen molar-refractivity contribution in [2.24, 2.45) is 0 Å². The van der Waals surface area contributed by atoms with Crippen LogP contribution in [0, 0.1) is 11.6 Å². The van der Waals surface area contributed by atoms with Gasteiger partial charge in [-0.25, -0.2) is 27.2 Å². The van der Waals surface area contributed by atoms with E-state index in [1.54, 1.807) is 6.92 Å². The summed E-state index contributed by atoms with van der Waals surface area (Å²) in [7, 11) is -1.24. The molecule has 4 rings (SSSR count). The summed E-state index contributed by atoms with van der Waals surface area (Å²) in [6.45, 7) is 1.65. The van der Waals surface area contributed by atoms with Gasteiger partial charge in [0.05, 0.1) is 28.8 Å². The molecule has 0 spiro atoms. The molecule has 0 aliphatic carbocycles. The van der Waals surface area contributed by atoms with Gasteiger partial charge in [-0.05, 0) is 29.9 Å². The number of imidazole rings is 1. The molecule has 0 bridgehead atoms. The topological polar surface area (TPSA) is 117 Å². The number of fused-ring (bicyclic) bond motifs is 1. The van der Waals surface area contributed by atoms with E-state index in [1.165, 1.54) is 12.3 Å². The number of amides is 1. The number of aromatic amines is 1. The maximum Gasteiger partial charge on any atom is 0.261 e. The summed E-state index contributed by atoms with van der Waals surface area (Å²) in [6, 6.07) is 10.9. The second-order valence-corrected chi connectivity index (χ2v) is 9.97. The van der Waals surface area contributed by atoms with Crippen LogP contribution >= 0.6 is 9.24 Å². The van der Waals surface area contributed by atoms with E-state index in [2.05, 4.69) is 29.5 Å². The van der Waals surface area contributed by atoms with Crippen molar-refractivity contribution in [2.75, 3.05) is 15.8 Å². The Labute approximate surface area is 196 Å². The van der Waals surface area contributed by atoms with Crippen molar-refractivity contribution in [2.45, 2.75) is 13.3 Å². The summed E-state index contributed by atoms with van der Waals surface area (Å²) < 4.78 is 55.2. The fraction of sp³-hybridized carbons (Fsp3) is 0.136. The molecule has 0 saturated heterocycles. The molecule has 1 atom stereocenters. The highest BCUT2D eigenvalue weighted by Gasteiger charge is 2.23. The maximum absolute atomic E-state index is 14.9. The van der Waals surface area contributed by atoms with E-state index in [9.17, 15) is 22.0 Å². The Morgan fingerprint density at radius 2 is 1.88 bits per heavy atom. The van der Waals surface area contributed by atoms with Crippen LogP contribution in [-0.2, 0) is 10.0 Å². The molecule has 0 aliphatic rings. The molecule has 0 fully saturated rings. The number of H-pyrrole nitrogens is 1. The van der Waals surface area contributed by atoms with Crippen molar-refractivity contribution in [3.63, 3.8) is 0 Å². The Balaban J connectivity index is 1.60. The fourth-order valence-corrected chi connectivity index (χ4v) is 4.59. The standard InChI is InChI=1S/C22H20F2N5O3PS/c1-2-9-34(31,32)29-16-8-7-15(23)18(19(16)24)22(30)26-13-10-17-21(25-11-13)28-20(27-17)12-3-5-14(33)6-4-12/h3-8,10-11,29H,2,9,33H2,1H3,(H,26,30)(H,25,27,28). The lowest BCUT2D eigenvalue weighted by atomic mass is 10.1. The van der Waals surface area contributed by atoms with Crippen LogP contribution in [0.2, 0.25) is 0 Å². The number of nitrogens with zero attached hydrogens (tertiary/aromatic N) is 2. The Kier molecular flexibility index (Phi) is 6.58. The first-order valence-electron chi connectivity index (χ1n) is 10.2. The van der Waals surface area contributed by atoms with Crippen LogP contribution in [0.5, 0.6) is 0 Å². The largest absolute Gasteiger partial charge is 0.337 e. The van der Waals surface area contributed by atoms with Crippen LogP contribution in [0.4, 0.5) is 20.2 Å². The van der Waals surface area contributed by atoms with Gasteiger partial charge in [-0.3, -0.25) is 9.52 Å². The molecule has 1 amide bonds. The highest BCUT2D eigenvalue weighted by Crippen LogP contribution is 2.25. The van der Waals surface area contributed by atoms with Crippen molar-refractivity contribution in [3.05, 3.63) is 65.9 Å². The molecule has 0 aliphatic heterocycles. The van der Waals surface area contributed by atoms with Gasteiger partial charge in [0, 0.05) is 5.56 Å². The van der Waals surface area contributed by atoms with E-state index in [0.29, 0.717) is 23.4 Å². The third kappa shape index (κ3) is 5.05. The first-order chi connectivity index (χ1) is 16.2. The summed E-state index contributed by atoms with van der Waals surface area (Å²) in [5, 5.41) is 3.41. The molecule has 12 heteroatoms. The highest BCUT2D eigenvalue weighted by atomic mass is 32.2. The lowest BCUT2D eigenvalue weighted by Gasteiger charge is -2.12. The molecule has 2 aromatic carbocycles. The minimum atomic E-state index is -3.84. The number of rotatable bonds is 7. The third-order valence-corrected chi connectivity index (χ3v) is 6.70. The normalized spacial score (nSPS) is 11.5. The van der Waals surface area contributed by atoms with Gasteiger partial charge in [0.25, 0.3) is 5.91 Å². The van der Waals surface area contributed by atoms with E-state index in [1.807, 2.05) is 29.0 Å². The number of sulfonamides is 1. The van der Waals surface area contributed by atoms with Gasteiger partial charge in [-0.15, -0.1) is 9.24 Å². The van der Waals surface area contributed by atoms with Gasteiger partial charge < -0.3 is 10.3 Å². The summed E-state index contributed by atoms with van der Waals surface area (Å²) >= 11 is 0. The summed E-state index contributed by atoms with van der Waals surface area (Å²) in [5.41, 5.74) is 0.477. The van der Waals surface area contributed by atoms with Gasteiger partial charge in [0.1, 0.15) is 17.2 Å². The molecule has 34 heavy (non-hydrogen) atoms. The van der Waals surface area contributed by atoms with E-state index in [-0.39, 0.29) is 11.4 Å². The van der Waals surface area contributed by atoms with Crippen molar-refractivity contribution in [1.82, 2.24) is 15.0 Å². The van der Waals surface area contributed by atoms with Gasteiger partial charge in [-0.1, -0.05) is 31.2 Å². The number of benzene rings is 2. The van der Waals surface area contributed by atoms with Crippen LogP contribution in [-0.4, -0.2) is 35.0 Å². The second kappa shape index (κ2) is 9.44. The first kappa shape index (κ1) is 23.7. The van der Waals surface area contributed by atoms with E-state index in [4.69, 9.17) is 0 Å².